The van der Waals surface area contributed by atoms with E-state index < -0.39 is 0 Å². The van der Waals surface area contributed by atoms with Gasteiger partial charge in [0.05, 0.1) is 32.3 Å². The van der Waals surface area contributed by atoms with Crippen LogP contribution in [0, 0.1) is 0 Å². The standard InChI is InChI=1S/C35H25Br2ClN2O3S/c1-42-24-10-6-9-22(18-24)32-26-14-13-21-7-2-4-11-25(21)31(26)39-35-40(32)34(41)30(44-35)17-20-15-27(36)33(28(37)16-20)43-19-23-8-3-5-12-29(23)38/h2-12,15-18,32H,13-14,19H2,1H3/b30-17+/t32-/m0/s1. The maximum atomic E-state index is 14.2. The van der Waals surface area contributed by atoms with Gasteiger partial charge in [0.1, 0.15) is 18.1 Å². The summed E-state index contributed by atoms with van der Waals surface area (Å²) in [4.78, 5) is 20.0. The largest absolute Gasteiger partial charge is 0.497 e. The summed E-state index contributed by atoms with van der Waals surface area (Å²) < 4.78 is 15.7. The first-order chi connectivity index (χ1) is 21.4. The molecule has 0 fully saturated rings. The van der Waals surface area contributed by atoms with Crippen molar-refractivity contribution in [1.82, 2.24) is 4.57 Å². The zero-order valence-corrected chi connectivity index (χ0v) is 28.3. The Morgan fingerprint density at radius 2 is 1.77 bits per heavy atom. The number of ether oxygens (including phenoxy) is 2. The lowest BCUT2D eigenvalue weighted by atomic mass is 9.83. The number of halogens is 3. The fourth-order valence-corrected chi connectivity index (χ4v) is 8.49. The fourth-order valence-electron chi connectivity index (χ4n) is 5.85. The van der Waals surface area contributed by atoms with Gasteiger partial charge in [0, 0.05) is 16.1 Å². The second kappa shape index (κ2) is 12.2. The van der Waals surface area contributed by atoms with E-state index in [0.29, 0.717) is 26.7 Å². The van der Waals surface area contributed by atoms with Crippen molar-refractivity contribution in [3.63, 3.8) is 0 Å². The smallest absolute Gasteiger partial charge is 0.271 e. The van der Waals surface area contributed by atoms with Gasteiger partial charge in [0.25, 0.3) is 5.56 Å². The van der Waals surface area contributed by atoms with E-state index in [-0.39, 0.29) is 11.6 Å². The number of thiazole rings is 1. The summed E-state index contributed by atoms with van der Waals surface area (Å²) >= 11 is 15.1. The van der Waals surface area contributed by atoms with Crippen molar-refractivity contribution < 1.29 is 9.47 Å². The van der Waals surface area contributed by atoms with Gasteiger partial charge in [-0.05, 0) is 103 Å². The second-order valence-electron chi connectivity index (χ2n) is 10.6. The molecule has 4 aromatic carbocycles. The van der Waals surface area contributed by atoms with E-state index in [9.17, 15) is 4.79 Å². The molecule has 1 aromatic heterocycles. The summed E-state index contributed by atoms with van der Waals surface area (Å²) in [5.41, 5.74) is 7.23. The van der Waals surface area contributed by atoms with Crippen molar-refractivity contribution in [3.8, 4) is 11.5 Å². The highest BCUT2D eigenvalue weighted by Crippen LogP contribution is 2.42. The predicted octanol–water partition coefficient (Wildman–Crippen LogP) is 8.08. The third kappa shape index (κ3) is 5.38. The molecule has 9 heteroatoms. The summed E-state index contributed by atoms with van der Waals surface area (Å²) in [5.74, 6) is 1.42. The van der Waals surface area contributed by atoms with Crippen molar-refractivity contribution in [1.29, 1.82) is 0 Å². The summed E-state index contributed by atoms with van der Waals surface area (Å²) in [6.07, 6.45) is 3.65. The van der Waals surface area contributed by atoms with Gasteiger partial charge < -0.3 is 9.47 Å². The summed E-state index contributed by atoms with van der Waals surface area (Å²) in [6, 6.07) is 27.7. The minimum absolute atomic E-state index is 0.0710. The van der Waals surface area contributed by atoms with E-state index in [1.807, 2.05) is 65.2 Å². The molecular formula is C35H25Br2ClN2O3S. The Bertz CT molecular complexity index is 2130. The number of methoxy groups -OCH3 is 1. The van der Waals surface area contributed by atoms with Crippen LogP contribution in [0.1, 0.15) is 40.3 Å². The Balaban J connectivity index is 1.32. The number of rotatable bonds is 6. The Labute approximate surface area is 280 Å². The van der Waals surface area contributed by atoms with Crippen LogP contribution < -0.4 is 24.4 Å². The topological polar surface area (TPSA) is 52.8 Å². The predicted molar refractivity (Wildman–Crippen MR) is 183 cm³/mol. The molecule has 2 heterocycles. The number of allylic oxidation sites excluding steroid dienone is 1. The summed E-state index contributed by atoms with van der Waals surface area (Å²) in [6.45, 7) is 0.326. The molecule has 0 N–H and O–H groups in total. The molecule has 0 radical (unpaired) electrons. The van der Waals surface area contributed by atoms with E-state index >= 15 is 0 Å². The molecule has 5 nitrogen and oxygen atoms in total. The molecule has 0 saturated carbocycles. The molecule has 0 bridgehead atoms. The Kier molecular flexibility index (Phi) is 8.10. The van der Waals surface area contributed by atoms with Crippen molar-refractivity contribution >= 4 is 66.6 Å². The van der Waals surface area contributed by atoms with E-state index in [1.165, 1.54) is 16.9 Å². The van der Waals surface area contributed by atoms with Gasteiger partial charge >= 0.3 is 0 Å². The third-order valence-electron chi connectivity index (χ3n) is 7.93. The lowest BCUT2D eigenvalue weighted by Gasteiger charge is -2.31. The number of aromatic nitrogens is 1. The van der Waals surface area contributed by atoms with Gasteiger partial charge in [0.15, 0.2) is 4.80 Å². The highest BCUT2D eigenvalue weighted by Gasteiger charge is 2.32. The van der Waals surface area contributed by atoms with Gasteiger partial charge in [-0.25, -0.2) is 4.99 Å². The van der Waals surface area contributed by atoms with Gasteiger partial charge in [-0.2, -0.15) is 0 Å². The normalized spacial score (nSPS) is 15.7. The number of fused-ring (bicyclic) bond motifs is 3. The second-order valence-corrected chi connectivity index (χ2v) is 13.7. The monoisotopic (exact) mass is 746 g/mol. The lowest BCUT2D eigenvalue weighted by Crippen LogP contribution is -2.38. The molecule has 1 atom stereocenters. The maximum Gasteiger partial charge on any atom is 0.271 e. The average Bonchev–Trinajstić information content (AvgIpc) is 3.34. The van der Waals surface area contributed by atoms with E-state index in [1.54, 1.807) is 7.11 Å². The van der Waals surface area contributed by atoms with Gasteiger partial charge in [-0.1, -0.05) is 77.5 Å². The first-order valence-corrected chi connectivity index (χ1v) is 16.8. The van der Waals surface area contributed by atoms with Crippen molar-refractivity contribution in [2.75, 3.05) is 7.11 Å². The first-order valence-electron chi connectivity index (χ1n) is 14.0. The molecule has 0 amide bonds. The third-order valence-corrected chi connectivity index (χ3v) is 10.5. The molecule has 220 valence electrons. The zero-order valence-electron chi connectivity index (χ0n) is 23.5. The molecule has 0 spiro atoms. The SMILES string of the molecule is COc1cccc([C@H]2C3=C(N=c4s/c(=C/c5cc(Br)c(OCc6ccccc6Cl)c(Br)c5)c(=O)n42)c2ccccc2CC3)c1. The molecule has 0 unspecified atom stereocenters. The van der Waals surface area contributed by atoms with Crippen molar-refractivity contribution in [3.05, 3.63) is 152 Å². The Hall–Kier alpha value is -3.43. The van der Waals surface area contributed by atoms with E-state index in [2.05, 4.69) is 62.2 Å². The van der Waals surface area contributed by atoms with Crippen LogP contribution in [0.25, 0.3) is 11.8 Å². The van der Waals surface area contributed by atoms with Crippen LogP contribution in [-0.2, 0) is 13.0 Å². The number of hydrogen-bond donors (Lipinski definition) is 0. The molecule has 0 saturated heterocycles. The molecular weight excluding hydrogens is 724 g/mol. The fraction of sp³-hybridized carbons (Fsp3) is 0.143. The number of hydrogen-bond acceptors (Lipinski definition) is 5. The average molecular weight is 749 g/mol. The van der Waals surface area contributed by atoms with E-state index in [0.717, 1.165) is 61.1 Å². The van der Waals surface area contributed by atoms with Gasteiger partial charge in [-0.15, -0.1) is 0 Å². The van der Waals surface area contributed by atoms with Crippen LogP contribution in [-0.4, -0.2) is 11.7 Å². The van der Waals surface area contributed by atoms with Crippen LogP contribution in [0.5, 0.6) is 11.5 Å². The molecule has 44 heavy (non-hydrogen) atoms. The Morgan fingerprint density at radius 3 is 2.57 bits per heavy atom. The van der Waals surface area contributed by atoms with Gasteiger partial charge in [-0.3, -0.25) is 9.36 Å². The van der Waals surface area contributed by atoms with Crippen molar-refractivity contribution in [2.24, 2.45) is 4.99 Å². The highest BCUT2D eigenvalue weighted by atomic mass is 79.9. The maximum absolute atomic E-state index is 14.2. The quantitative estimate of drug-likeness (QED) is 0.177. The number of benzene rings is 4. The van der Waals surface area contributed by atoms with Crippen LogP contribution in [0.4, 0.5) is 0 Å². The van der Waals surface area contributed by atoms with Crippen LogP contribution >= 0.6 is 54.8 Å². The number of nitrogens with zero attached hydrogens (tertiary/aromatic N) is 2. The molecule has 7 rings (SSSR count). The van der Waals surface area contributed by atoms with Crippen LogP contribution in [0.3, 0.4) is 0 Å². The molecule has 2 aliphatic rings. The van der Waals surface area contributed by atoms with E-state index in [4.69, 9.17) is 26.1 Å². The summed E-state index contributed by atoms with van der Waals surface area (Å²) in [5, 5.41) is 0.657. The van der Waals surface area contributed by atoms with Crippen LogP contribution in [0.15, 0.2) is 109 Å². The molecule has 5 aromatic rings. The number of aryl methyl sites for hydroxylation is 1. The lowest BCUT2D eigenvalue weighted by molar-refractivity contribution is 0.302. The molecule has 1 aliphatic heterocycles. The minimum Gasteiger partial charge on any atom is -0.497 e. The minimum atomic E-state index is -0.272. The highest BCUT2D eigenvalue weighted by molar-refractivity contribution is 9.11. The first kappa shape index (κ1) is 29.3. The molecule has 1 aliphatic carbocycles. The van der Waals surface area contributed by atoms with Crippen molar-refractivity contribution in [2.45, 2.75) is 25.5 Å². The Morgan fingerprint density at radius 1 is 1.00 bits per heavy atom. The van der Waals surface area contributed by atoms with Gasteiger partial charge in [0.2, 0.25) is 0 Å². The summed E-state index contributed by atoms with van der Waals surface area (Å²) in [7, 11) is 1.66. The zero-order chi connectivity index (χ0) is 30.4. The van der Waals surface area contributed by atoms with Crippen LogP contribution in [0.2, 0.25) is 5.02 Å².